The van der Waals surface area contributed by atoms with Crippen molar-refractivity contribution in [3.05, 3.63) is 29.6 Å². The molecular weight excluding hydrogens is 301 g/mol. The fourth-order valence-electron chi connectivity index (χ4n) is 3.16. The van der Waals surface area contributed by atoms with Gasteiger partial charge in [0.15, 0.2) is 11.3 Å². The van der Waals surface area contributed by atoms with Crippen LogP contribution in [0.15, 0.2) is 18.2 Å². The smallest absolute Gasteiger partial charge is 0.166 e. The van der Waals surface area contributed by atoms with E-state index in [9.17, 15) is 8.78 Å². The molecule has 114 valence electrons. The SMILES string of the molecule is C[C@@]1(F)C[C@]2(F)COC[C@]2(c2cc(N)ccc2F)NC1=S. The summed E-state index contributed by atoms with van der Waals surface area (Å²) in [4.78, 5) is -0.150. The zero-order valence-corrected chi connectivity index (χ0v) is 12.2. The summed E-state index contributed by atoms with van der Waals surface area (Å²) in [6.07, 6.45) is -0.486. The van der Waals surface area contributed by atoms with Gasteiger partial charge in [-0.25, -0.2) is 13.2 Å². The number of benzene rings is 1. The number of rotatable bonds is 1. The van der Waals surface area contributed by atoms with Gasteiger partial charge in [0.25, 0.3) is 0 Å². The van der Waals surface area contributed by atoms with Crippen molar-refractivity contribution in [1.82, 2.24) is 5.32 Å². The van der Waals surface area contributed by atoms with Crippen LogP contribution in [0.2, 0.25) is 0 Å². The van der Waals surface area contributed by atoms with Gasteiger partial charge in [-0.15, -0.1) is 0 Å². The third-order valence-corrected chi connectivity index (χ3v) is 4.80. The lowest BCUT2D eigenvalue weighted by atomic mass is 9.70. The Bertz CT molecular complexity index is 624. The van der Waals surface area contributed by atoms with Crippen LogP contribution in [-0.2, 0) is 10.3 Å². The van der Waals surface area contributed by atoms with Crippen molar-refractivity contribution in [3.8, 4) is 0 Å². The van der Waals surface area contributed by atoms with Gasteiger partial charge < -0.3 is 15.8 Å². The molecule has 7 heteroatoms. The predicted octanol–water partition coefficient (Wildman–Crippen LogP) is 2.39. The van der Waals surface area contributed by atoms with Gasteiger partial charge in [-0.05, 0) is 25.1 Å². The van der Waals surface area contributed by atoms with Gasteiger partial charge in [0, 0.05) is 17.7 Å². The molecule has 2 heterocycles. The molecule has 0 spiro atoms. The molecule has 2 aliphatic heterocycles. The summed E-state index contributed by atoms with van der Waals surface area (Å²) in [5.74, 6) is -0.630. The number of halogens is 3. The normalized spacial score (nSPS) is 39.0. The van der Waals surface area contributed by atoms with E-state index in [1.807, 2.05) is 0 Å². The average molecular weight is 316 g/mol. The van der Waals surface area contributed by atoms with E-state index in [0.29, 0.717) is 0 Å². The number of alkyl halides is 2. The number of hydrogen-bond donors (Lipinski definition) is 2. The van der Waals surface area contributed by atoms with Crippen LogP contribution >= 0.6 is 12.2 Å². The number of nitrogen functional groups attached to an aromatic ring is 1. The number of hydrogen-bond acceptors (Lipinski definition) is 3. The van der Waals surface area contributed by atoms with Crippen LogP contribution in [0.4, 0.5) is 18.9 Å². The van der Waals surface area contributed by atoms with Crippen molar-refractivity contribution in [2.45, 2.75) is 30.2 Å². The Labute approximate surface area is 125 Å². The first-order valence-electron chi connectivity index (χ1n) is 6.54. The van der Waals surface area contributed by atoms with Crippen LogP contribution in [0.1, 0.15) is 18.9 Å². The lowest BCUT2D eigenvalue weighted by molar-refractivity contribution is 0.00849. The largest absolute Gasteiger partial charge is 0.399 e. The number of nitrogens with one attached hydrogen (secondary N) is 1. The summed E-state index contributed by atoms with van der Waals surface area (Å²) in [5.41, 5.74) is 0.330. The Hall–Kier alpha value is -1.34. The molecule has 0 unspecified atom stereocenters. The molecule has 0 radical (unpaired) electrons. The predicted molar refractivity (Wildman–Crippen MR) is 77.0 cm³/mol. The van der Waals surface area contributed by atoms with Gasteiger partial charge in [0.05, 0.1) is 13.2 Å². The summed E-state index contributed by atoms with van der Waals surface area (Å²) in [6, 6.07) is 3.88. The Morgan fingerprint density at radius 3 is 2.76 bits per heavy atom. The maximum absolute atomic E-state index is 15.4. The van der Waals surface area contributed by atoms with Crippen molar-refractivity contribution < 1.29 is 17.9 Å². The molecular formula is C14H15F3N2OS. The minimum absolute atomic E-state index is 0.0142. The second-order valence-corrected chi connectivity index (χ2v) is 6.34. The zero-order chi connectivity index (χ0) is 15.5. The molecule has 0 saturated carbocycles. The number of piperidine rings is 1. The molecule has 0 bridgehead atoms. The van der Waals surface area contributed by atoms with E-state index >= 15 is 4.39 Å². The van der Waals surface area contributed by atoms with Gasteiger partial charge in [-0.2, -0.15) is 0 Å². The van der Waals surface area contributed by atoms with Gasteiger partial charge in [-0.1, -0.05) is 12.2 Å². The van der Waals surface area contributed by atoms with Crippen LogP contribution in [0.3, 0.4) is 0 Å². The van der Waals surface area contributed by atoms with Gasteiger partial charge in [0.1, 0.15) is 16.3 Å². The van der Waals surface area contributed by atoms with Crippen LogP contribution in [-0.4, -0.2) is 29.5 Å². The van der Waals surface area contributed by atoms with Crippen molar-refractivity contribution >= 4 is 22.9 Å². The van der Waals surface area contributed by atoms with Crippen molar-refractivity contribution in [3.63, 3.8) is 0 Å². The Balaban J connectivity index is 2.18. The number of anilines is 1. The molecule has 2 aliphatic rings. The van der Waals surface area contributed by atoms with Gasteiger partial charge in [-0.3, -0.25) is 0 Å². The van der Waals surface area contributed by atoms with E-state index in [1.54, 1.807) is 0 Å². The number of fused-ring (bicyclic) bond motifs is 1. The molecule has 3 atom stereocenters. The number of ether oxygens (including phenoxy) is 1. The third kappa shape index (κ3) is 1.94. The lowest BCUT2D eigenvalue weighted by Gasteiger charge is -2.48. The Morgan fingerprint density at radius 1 is 1.33 bits per heavy atom. The fourth-order valence-corrected chi connectivity index (χ4v) is 3.40. The molecule has 1 aromatic carbocycles. The highest BCUT2D eigenvalue weighted by Gasteiger charge is 2.66. The Kier molecular flexibility index (Phi) is 3.01. The Morgan fingerprint density at radius 2 is 2.05 bits per heavy atom. The highest BCUT2D eigenvalue weighted by Crippen LogP contribution is 2.51. The molecule has 3 N–H and O–H groups in total. The second-order valence-electron chi connectivity index (χ2n) is 5.93. The highest BCUT2D eigenvalue weighted by atomic mass is 32.1. The van der Waals surface area contributed by atoms with Crippen molar-refractivity contribution in [2.75, 3.05) is 18.9 Å². The maximum atomic E-state index is 15.4. The fraction of sp³-hybridized carbons (Fsp3) is 0.500. The van der Waals surface area contributed by atoms with Crippen LogP contribution < -0.4 is 11.1 Å². The van der Waals surface area contributed by atoms with E-state index in [4.69, 9.17) is 22.7 Å². The van der Waals surface area contributed by atoms with E-state index in [0.717, 1.165) is 6.07 Å². The summed E-state index contributed by atoms with van der Waals surface area (Å²) in [7, 11) is 0. The minimum Gasteiger partial charge on any atom is -0.399 e. The van der Waals surface area contributed by atoms with E-state index in [1.165, 1.54) is 19.1 Å². The summed E-state index contributed by atoms with van der Waals surface area (Å²) < 4.78 is 49.2. The quantitative estimate of drug-likeness (QED) is 0.617. The third-order valence-electron chi connectivity index (χ3n) is 4.28. The minimum atomic E-state index is -2.10. The molecule has 0 amide bonds. The first-order chi connectivity index (χ1) is 9.70. The molecule has 21 heavy (non-hydrogen) atoms. The zero-order valence-electron chi connectivity index (χ0n) is 11.4. The highest BCUT2D eigenvalue weighted by molar-refractivity contribution is 7.80. The summed E-state index contributed by atoms with van der Waals surface area (Å²) in [5, 5.41) is 2.67. The molecule has 3 rings (SSSR count). The standard InChI is InChI=1S/C14H15F3N2OS/c1-12(16)5-13(17)6-20-7-14(13,19-11(12)21)9-4-8(18)2-3-10(9)15/h2-4H,5-7,18H2,1H3,(H,19,21)/t12-,13+,14-/m1/s1. The average Bonchev–Trinajstić information content (AvgIpc) is 2.69. The van der Waals surface area contributed by atoms with Gasteiger partial charge in [0.2, 0.25) is 0 Å². The first kappa shape index (κ1) is 14.6. The summed E-state index contributed by atoms with van der Waals surface area (Å²) in [6.45, 7) is 0.748. The van der Waals surface area contributed by atoms with Crippen LogP contribution in [0, 0.1) is 5.82 Å². The van der Waals surface area contributed by atoms with Crippen LogP contribution in [0.25, 0.3) is 0 Å². The van der Waals surface area contributed by atoms with Crippen molar-refractivity contribution in [1.29, 1.82) is 0 Å². The van der Waals surface area contributed by atoms with Crippen LogP contribution in [0.5, 0.6) is 0 Å². The summed E-state index contributed by atoms with van der Waals surface area (Å²) >= 11 is 5.00. The van der Waals surface area contributed by atoms with E-state index in [-0.39, 0.29) is 29.5 Å². The maximum Gasteiger partial charge on any atom is 0.166 e. The topological polar surface area (TPSA) is 47.3 Å². The van der Waals surface area contributed by atoms with Crippen molar-refractivity contribution in [2.24, 2.45) is 0 Å². The molecule has 0 aliphatic carbocycles. The molecule has 0 aromatic heterocycles. The van der Waals surface area contributed by atoms with E-state index in [2.05, 4.69) is 5.32 Å². The van der Waals surface area contributed by atoms with E-state index < -0.39 is 29.1 Å². The number of thiocarbonyl (C=S) groups is 1. The lowest BCUT2D eigenvalue weighted by Crippen LogP contribution is -2.68. The molecule has 3 nitrogen and oxygen atoms in total. The monoisotopic (exact) mass is 316 g/mol. The molecule has 1 aromatic rings. The number of nitrogens with two attached hydrogens (primary N) is 1. The molecule has 2 fully saturated rings. The van der Waals surface area contributed by atoms with Gasteiger partial charge >= 0.3 is 0 Å². The molecule has 2 saturated heterocycles. The second kappa shape index (κ2) is 4.33. The first-order valence-corrected chi connectivity index (χ1v) is 6.95.